The van der Waals surface area contributed by atoms with Crippen LogP contribution >= 0.6 is 0 Å². The molecule has 0 saturated carbocycles. The lowest BCUT2D eigenvalue weighted by atomic mass is 9.92. The number of amides is 1. The van der Waals surface area contributed by atoms with Gasteiger partial charge in [-0.15, -0.1) is 0 Å². The molecule has 2 heterocycles. The van der Waals surface area contributed by atoms with Gasteiger partial charge in [0.05, 0.1) is 17.8 Å². The van der Waals surface area contributed by atoms with Crippen LogP contribution in [0, 0.1) is 5.82 Å². The SMILES string of the molecule is O=C(Oc1ccccc1)N1CCC(c2nn(Cc3ccccc3)c3cc(F)ccc23)CC1. The maximum absolute atomic E-state index is 14.0. The highest BCUT2D eigenvalue weighted by Gasteiger charge is 2.28. The molecule has 5 rings (SSSR count). The average Bonchev–Trinajstić information content (AvgIpc) is 3.18. The number of likely N-dealkylation sites (tertiary alicyclic amines) is 1. The zero-order valence-corrected chi connectivity index (χ0v) is 17.7. The normalized spacial score (nSPS) is 14.6. The molecule has 1 aliphatic heterocycles. The van der Waals surface area contributed by atoms with Gasteiger partial charge in [0, 0.05) is 24.4 Å². The Hall–Kier alpha value is -3.67. The van der Waals surface area contributed by atoms with Gasteiger partial charge in [0.25, 0.3) is 0 Å². The quantitative estimate of drug-likeness (QED) is 0.424. The van der Waals surface area contributed by atoms with Gasteiger partial charge in [0.1, 0.15) is 11.6 Å². The zero-order chi connectivity index (χ0) is 21.9. The molecule has 0 bridgehead atoms. The molecular formula is C26H24FN3O2. The zero-order valence-electron chi connectivity index (χ0n) is 17.7. The predicted molar refractivity (Wildman–Crippen MR) is 121 cm³/mol. The number of halogens is 1. The van der Waals surface area contributed by atoms with Crippen molar-refractivity contribution in [3.8, 4) is 5.75 Å². The molecule has 0 aliphatic carbocycles. The summed E-state index contributed by atoms with van der Waals surface area (Å²) in [6.45, 7) is 1.79. The molecule has 32 heavy (non-hydrogen) atoms. The van der Waals surface area contributed by atoms with Crippen LogP contribution in [-0.4, -0.2) is 33.9 Å². The fourth-order valence-corrected chi connectivity index (χ4v) is 4.34. The molecule has 0 atom stereocenters. The molecule has 162 valence electrons. The highest BCUT2D eigenvalue weighted by Crippen LogP contribution is 2.33. The molecular weight excluding hydrogens is 405 g/mol. The number of ether oxygens (including phenoxy) is 1. The second kappa shape index (κ2) is 8.83. The second-order valence-electron chi connectivity index (χ2n) is 8.13. The molecule has 0 N–H and O–H groups in total. The summed E-state index contributed by atoms with van der Waals surface area (Å²) < 4.78 is 21.4. The first-order valence-electron chi connectivity index (χ1n) is 10.9. The minimum atomic E-state index is -0.323. The summed E-state index contributed by atoms with van der Waals surface area (Å²) in [5.74, 6) is 0.491. The van der Waals surface area contributed by atoms with Gasteiger partial charge in [-0.05, 0) is 48.7 Å². The Morgan fingerprint density at radius 1 is 0.969 bits per heavy atom. The van der Waals surface area contributed by atoms with Crippen molar-refractivity contribution in [1.29, 1.82) is 0 Å². The Balaban J connectivity index is 1.33. The van der Waals surface area contributed by atoms with Crippen LogP contribution in [0.15, 0.2) is 78.9 Å². The molecule has 4 aromatic rings. The molecule has 0 radical (unpaired) electrons. The molecule has 1 fully saturated rings. The van der Waals surface area contributed by atoms with Crippen LogP contribution in [0.1, 0.15) is 30.0 Å². The molecule has 3 aromatic carbocycles. The number of benzene rings is 3. The summed E-state index contributed by atoms with van der Waals surface area (Å²) in [4.78, 5) is 14.3. The lowest BCUT2D eigenvalue weighted by Crippen LogP contribution is -2.39. The van der Waals surface area contributed by atoms with Crippen molar-refractivity contribution in [3.63, 3.8) is 0 Å². The third-order valence-corrected chi connectivity index (χ3v) is 6.01. The van der Waals surface area contributed by atoms with Crippen molar-refractivity contribution in [1.82, 2.24) is 14.7 Å². The summed E-state index contributed by atoms with van der Waals surface area (Å²) in [5, 5.41) is 5.88. The van der Waals surface area contributed by atoms with Gasteiger partial charge < -0.3 is 9.64 Å². The molecule has 6 heteroatoms. The Bertz CT molecular complexity index is 1220. The van der Waals surface area contributed by atoms with E-state index in [-0.39, 0.29) is 17.8 Å². The number of nitrogens with zero attached hydrogens (tertiary/aromatic N) is 3. The third kappa shape index (κ3) is 4.21. The number of hydrogen-bond acceptors (Lipinski definition) is 3. The van der Waals surface area contributed by atoms with E-state index in [1.165, 1.54) is 6.07 Å². The van der Waals surface area contributed by atoms with Gasteiger partial charge >= 0.3 is 6.09 Å². The van der Waals surface area contributed by atoms with E-state index in [9.17, 15) is 9.18 Å². The van der Waals surface area contributed by atoms with Gasteiger partial charge in [-0.1, -0.05) is 48.5 Å². The lowest BCUT2D eigenvalue weighted by molar-refractivity contribution is 0.138. The fourth-order valence-electron chi connectivity index (χ4n) is 4.34. The van der Waals surface area contributed by atoms with Crippen LogP contribution in [0.4, 0.5) is 9.18 Å². The predicted octanol–water partition coefficient (Wildman–Crippen LogP) is 5.60. The van der Waals surface area contributed by atoms with E-state index in [0.717, 1.165) is 35.0 Å². The smallest absolute Gasteiger partial charge is 0.410 e. The number of aromatic nitrogens is 2. The number of carbonyl (C=O) groups is 1. The molecule has 1 saturated heterocycles. The van der Waals surface area contributed by atoms with E-state index in [0.29, 0.717) is 25.4 Å². The van der Waals surface area contributed by atoms with Crippen LogP contribution in [0.2, 0.25) is 0 Å². The van der Waals surface area contributed by atoms with Crippen LogP contribution in [0.5, 0.6) is 5.75 Å². The first-order valence-corrected chi connectivity index (χ1v) is 10.9. The summed E-state index contributed by atoms with van der Waals surface area (Å²) in [7, 11) is 0. The van der Waals surface area contributed by atoms with Crippen molar-refractivity contribution in [2.24, 2.45) is 0 Å². The number of para-hydroxylation sites is 1. The maximum Gasteiger partial charge on any atom is 0.415 e. The number of hydrogen-bond donors (Lipinski definition) is 0. The standard InChI is InChI=1S/C26H24FN3O2/c27-21-11-12-23-24(17-21)30(18-19-7-3-1-4-8-19)28-25(23)20-13-15-29(16-14-20)26(31)32-22-9-5-2-6-10-22/h1-12,17,20H,13-16,18H2. The summed E-state index contributed by atoms with van der Waals surface area (Å²) in [6.07, 6.45) is 1.26. The Kier molecular flexibility index (Phi) is 5.58. The minimum absolute atomic E-state index is 0.209. The summed E-state index contributed by atoms with van der Waals surface area (Å²) in [5.41, 5.74) is 2.90. The first kappa shape index (κ1) is 20.2. The Labute approximate surface area is 186 Å². The molecule has 0 unspecified atom stereocenters. The maximum atomic E-state index is 14.0. The van der Waals surface area contributed by atoms with Crippen molar-refractivity contribution in [2.75, 3.05) is 13.1 Å². The van der Waals surface area contributed by atoms with Crippen LogP contribution < -0.4 is 4.74 Å². The molecule has 1 aromatic heterocycles. The molecule has 1 aliphatic rings. The van der Waals surface area contributed by atoms with Gasteiger partial charge in [-0.2, -0.15) is 5.10 Å². The average molecular weight is 429 g/mol. The van der Waals surface area contributed by atoms with Gasteiger partial charge in [0.15, 0.2) is 0 Å². The van der Waals surface area contributed by atoms with Gasteiger partial charge in [-0.25, -0.2) is 9.18 Å². The number of rotatable bonds is 4. The number of piperidine rings is 1. The van der Waals surface area contributed by atoms with Crippen molar-refractivity contribution >= 4 is 17.0 Å². The second-order valence-corrected chi connectivity index (χ2v) is 8.13. The van der Waals surface area contributed by atoms with Crippen LogP contribution in [0.3, 0.4) is 0 Å². The Morgan fingerprint density at radius 3 is 2.38 bits per heavy atom. The summed E-state index contributed by atoms with van der Waals surface area (Å²) in [6, 6.07) is 24.0. The van der Waals surface area contributed by atoms with Crippen LogP contribution in [-0.2, 0) is 6.54 Å². The first-order chi connectivity index (χ1) is 15.7. The molecule has 5 nitrogen and oxygen atoms in total. The lowest BCUT2D eigenvalue weighted by Gasteiger charge is -2.30. The number of fused-ring (bicyclic) bond motifs is 1. The molecule has 0 spiro atoms. The van der Waals surface area contributed by atoms with E-state index in [1.807, 2.05) is 59.3 Å². The fraction of sp³-hybridized carbons (Fsp3) is 0.231. The van der Waals surface area contributed by atoms with Crippen LogP contribution in [0.25, 0.3) is 10.9 Å². The van der Waals surface area contributed by atoms with E-state index in [2.05, 4.69) is 0 Å². The van der Waals surface area contributed by atoms with E-state index in [4.69, 9.17) is 9.84 Å². The topological polar surface area (TPSA) is 47.4 Å². The van der Waals surface area contributed by atoms with Gasteiger partial charge in [0.2, 0.25) is 0 Å². The summed E-state index contributed by atoms with van der Waals surface area (Å²) >= 11 is 0. The van der Waals surface area contributed by atoms with E-state index in [1.54, 1.807) is 23.1 Å². The third-order valence-electron chi connectivity index (χ3n) is 6.01. The largest absolute Gasteiger partial charge is 0.415 e. The van der Waals surface area contributed by atoms with Crippen molar-refractivity contribution < 1.29 is 13.9 Å². The highest BCUT2D eigenvalue weighted by atomic mass is 19.1. The monoisotopic (exact) mass is 429 g/mol. The van der Waals surface area contributed by atoms with E-state index < -0.39 is 0 Å². The van der Waals surface area contributed by atoms with Crippen molar-refractivity contribution in [2.45, 2.75) is 25.3 Å². The highest BCUT2D eigenvalue weighted by molar-refractivity contribution is 5.82. The Morgan fingerprint density at radius 2 is 1.66 bits per heavy atom. The minimum Gasteiger partial charge on any atom is -0.410 e. The van der Waals surface area contributed by atoms with Gasteiger partial charge in [-0.3, -0.25) is 4.68 Å². The van der Waals surface area contributed by atoms with E-state index >= 15 is 0 Å². The number of carbonyl (C=O) groups excluding carboxylic acids is 1. The van der Waals surface area contributed by atoms with Crippen molar-refractivity contribution in [3.05, 3.63) is 95.9 Å². The molecule has 1 amide bonds.